The number of aromatic nitrogens is 4. The largest absolute Gasteiger partial charge is 0.338 e. The van der Waals surface area contributed by atoms with E-state index >= 15 is 0 Å². The normalized spacial score (nSPS) is 11.9. The summed E-state index contributed by atoms with van der Waals surface area (Å²) in [6.07, 6.45) is 3.64. The molecule has 5 aromatic rings. The highest BCUT2D eigenvalue weighted by Gasteiger charge is 2.15. The second-order valence-corrected chi connectivity index (χ2v) is 8.03. The zero-order chi connectivity index (χ0) is 22.2. The van der Waals surface area contributed by atoms with E-state index in [-0.39, 0.29) is 5.82 Å². The predicted octanol–water partition coefficient (Wildman–Crippen LogP) is 6.75. The fraction of sp³-hybridized carbons (Fsp3) is 0.115. The van der Waals surface area contributed by atoms with Crippen LogP contribution in [0, 0.1) is 5.82 Å². The van der Waals surface area contributed by atoms with Gasteiger partial charge >= 0.3 is 0 Å². The van der Waals surface area contributed by atoms with E-state index in [4.69, 9.17) is 0 Å². The first-order valence-corrected chi connectivity index (χ1v) is 10.4. The second-order valence-electron chi connectivity index (χ2n) is 8.03. The molecule has 0 aliphatic rings. The van der Waals surface area contributed by atoms with E-state index < -0.39 is 0 Å². The van der Waals surface area contributed by atoms with Gasteiger partial charge in [-0.2, -0.15) is 5.10 Å². The van der Waals surface area contributed by atoms with Crippen molar-refractivity contribution in [1.29, 1.82) is 0 Å². The first-order valence-electron chi connectivity index (χ1n) is 10.4. The lowest BCUT2D eigenvalue weighted by atomic mass is 10.0. The van der Waals surface area contributed by atoms with Gasteiger partial charge in [0.25, 0.3) is 0 Å². The van der Waals surface area contributed by atoms with Gasteiger partial charge < -0.3 is 4.98 Å². The number of H-pyrrole nitrogens is 2. The first-order chi connectivity index (χ1) is 15.5. The third-order valence-electron chi connectivity index (χ3n) is 5.48. The van der Waals surface area contributed by atoms with Crippen LogP contribution in [-0.2, 0) is 0 Å². The summed E-state index contributed by atoms with van der Waals surface area (Å²) in [6, 6.07) is 16.7. The van der Waals surface area contributed by atoms with Crippen LogP contribution < -0.4 is 0 Å². The van der Waals surface area contributed by atoms with Gasteiger partial charge in [0.2, 0.25) is 0 Å². The monoisotopic (exact) mass is 423 g/mol. The van der Waals surface area contributed by atoms with Crippen LogP contribution in [0.5, 0.6) is 0 Å². The summed E-state index contributed by atoms with van der Waals surface area (Å²) in [5.41, 5.74) is 8.52. The van der Waals surface area contributed by atoms with Gasteiger partial charge in [0.05, 0.1) is 11.2 Å². The average Bonchev–Trinajstić information content (AvgIpc) is 3.41. The second kappa shape index (κ2) is 7.89. The molecule has 0 radical (unpaired) electrons. The van der Waals surface area contributed by atoms with Crippen molar-refractivity contribution in [3.8, 4) is 22.5 Å². The Morgan fingerprint density at radius 3 is 2.56 bits per heavy atom. The molecule has 0 fully saturated rings. The molecule has 3 aromatic heterocycles. The van der Waals surface area contributed by atoms with E-state index in [1.807, 2.05) is 32.2 Å². The molecule has 158 valence electrons. The fourth-order valence-electron chi connectivity index (χ4n) is 3.80. The number of rotatable bonds is 4. The summed E-state index contributed by atoms with van der Waals surface area (Å²) in [7, 11) is 0. The Labute approximate surface area is 184 Å². The number of fused-ring (bicyclic) bond motifs is 2. The number of benzene rings is 2. The first kappa shape index (κ1) is 19.9. The summed E-state index contributed by atoms with van der Waals surface area (Å²) < 4.78 is 13.4. The molecule has 0 aliphatic carbocycles. The van der Waals surface area contributed by atoms with Crippen molar-refractivity contribution >= 4 is 33.2 Å². The highest BCUT2D eigenvalue weighted by molar-refractivity contribution is 6.00. The van der Waals surface area contributed by atoms with Crippen LogP contribution in [-0.4, -0.2) is 25.9 Å². The van der Waals surface area contributed by atoms with Gasteiger partial charge in [-0.15, -0.1) is 0 Å². The number of hydrogen-bond acceptors (Lipinski definition) is 3. The molecule has 5 rings (SSSR count). The molecule has 0 atom stereocenters. The van der Waals surface area contributed by atoms with Gasteiger partial charge in [-0.05, 0) is 79.4 Å². The Morgan fingerprint density at radius 2 is 1.78 bits per heavy atom. The lowest BCUT2D eigenvalue weighted by Crippen LogP contribution is -1.83. The van der Waals surface area contributed by atoms with Crippen molar-refractivity contribution in [3.05, 3.63) is 78.4 Å². The smallest absolute Gasteiger partial charge is 0.138 e. The summed E-state index contributed by atoms with van der Waals surface area (Å²) in [6.45, 7) is 6.01. The van der Waals surface area contributed by atoms with E-state index in [1.54, 1.807) is 18.3 Å². The highest BCUT2D eigenvalue weighted by Crippen LogP contribution is 2.34. The van der Waals surface area contributed by atoms with Crippen LogP contribution in [0.25, 0.3) is 50.0 Å². The van der Waals surface area contributed by atoms with Crippen LogP contribution in [0.4, 0.5) is 4.39 Å². The molecule has 0 amide bonds. The van der Waals surface area contributed by atoms with E-state index in [0.29, 0.717) is 0 Å². The number of allylic oxidation sites excluding steroid dienone is 1. The van der Waals surface area contributed by atoms with Crippen LogP contribution in [0.2, 0.25) is 0 Å². The van der Waals surface area contributed by atoms with Gasteiger partial charge in [-0.3, -0.25) is 10.1 Å². The maximum atomic E-state index is 13.4. The van der Waals surface area contributed by atoms with Crippen LogP contribution in [0.15, 0.2) is 72.0 Å². The fourth-order valence-corrected chi connectivity index (χ4v) is 3.80. The lowest BCUT2D eigenvalue weighted by Gasteiger charge is -2.02. The maximum absolute atomic E-state index is 13.4. The van der Waals surface area contributed by atoms with Gasteiger partial charge in [0.15, 0.2) is 0 Å². The number of halogens is 1. The molecule has 0 saturated heterocycles. The number of pyridine rings is 1. The predicted molar refractivity (Wildman–Crippen MR) is 129 cm³/mol. The highest BCUT2D eigenvalue weighted by atomic mass is 19.1. The molecule has 0 saturated carbocycles. The summed E-state index contributed by atoms with van der Waals surface area (Å²) in [4.78, 5) is 12.3. The van der Waals surface area contributed by atoms with Crippen molar-refractivity contribution < 1.29 is 4.39 Å². The maximum Gasteiger partial charge on any atom is 0.138 e. The quantitative estimate of drug-likeness (QED) is 0.314. The molecule has 2 N–H and O–H groups in total. The Bertz CT molecular complexity index is 1500. The zero-order valence-corrected chi connectivity index (χ0v) is 18.1. The molecule has 6 heteroatoms. The molecule has 0 spiro atoms. The lowest BCUT2D eigenvalue weighted by molar-refractivity contribution is 0.628. The number of hydrogen-bond donors (Lipinski definition) is 2. The summed E-state index contributed by atoms with van der Waals surface area (Å²) >= 11 is 0. The minimum atomic E-state index is -0.253. The molecule has 0 unspecified atom stereocenters. The van der Waals surface area contributed by atoms with Crippen molar-refractivity contribution in [2.24, 2.45) is 4.99 Å². The zero-order valence-electron chi connectivity index (χ0n) is 18.1. The standard InChI is InChI=1S/C26H22FN5/c1-15(2)29-14-16(3)18-6-9-23-22(12-18)25(32-31-23)24-13-21-20(10-11-28-26(21)30-24)17-4-7-19(27)8-5-17/h4-14H,1-3H3,(H,28,30)(H,31,32)/b16-14+. The molecular weight excluding hydrogens is 401 g/mol. The molecule has 0 bridgehead atoms. The van der Waals surface area contributed by atoms with Crippen molar-refractivity contribution in [2.45, 2.75) is 20.8 Å². The third kappa shape index (κ3) is 3.60. The van der Waals surface area contributed by atoms with E-state index in [0.717, 1.165) is 61.3 Å². The van der Waals surface area contributed by atoms with Crippen LogP contribution >= 0.6 is 0 Å². The topological polar surface area (TPSA) is 69.7 Å². The molecule has 2 aromatic carbocycles. The van der Waals surface area contributed by atoms with Gasteiger partial charge in [-0.1, -0.05) is 18.2 Å². The Kier molecular flexibility index (Phi) is 4.90. The third-order valence-corrected chi connectivity index (χ3v) is 5.48. The number of nitrogens with one attached hydrogen (secondary N) is 2. The summed E-state index contributed by atoms with van der Waals surface area (Å²) in [5, 5.41) is 9.67. The van der Waals surface area contributed by atoms with Gasteiger partial charge in [0.1, 0.15) is 17.2 Å². The molecule has 32 heavy (non-hydrogen) atoms. The minimum Gasteiger partial charge on any atom is -0.338 e. The van der Waals surface area contributed by atoms with Crippen molar-refractivity contribution in [3.63, 3.8) is 0 Å². The number of nitrogens with zero attached hydrogens (tertiary/aromatic N) is 3. The minimum absolute atomic E-state index is 0.253. The van der Waals surface area contributed by atoms with E-state index in [9.17, 15) is 4.39 Å². The van der Waals surface area contributed by atoms with Gasteiger partial charge in [0, 0.05) is 28.9 Å². The van der Waals surface area contributed by atoms with Crippen molar-refractivity contribution in [2.75, 3.05) is 0 Å². The Hall–Kier alpha value is -4.06. The molecule has 3 heterocycles. The Balaban J connectivity index is 1.62. The Morgan fingerprint density at radius 1 is 0.969 bits per heavy atom. The van der Waals surface area contributed by atoms with Crippen molar-refractivity contribution in [1.82, 2.24) is 20.2 Å². The van der Waals surface area contributed by atoms with Gasteiger partial charge in [-0.25, -0.2) is 9.37 Å². The molecule has 0 aliphatic heterocycles. The summed E-state index contributed by atoms with van der Waals surface area (Å²) in [5.74, 6) is -0.253. The number of aromatic amines is 2. The van der Waals surface area contributed by atoms with E-state index in [1.165, 1.54) is 12.1 Å². The van der Waals surface area contributed by atoms with Crippen LogP contribution in [0.3, 0.4) is 0 Å². The number of aliphatic imine (C=N–C) groups is 1. The SMILES string of the molecule is CC(C)=N/C=C(\C)c1ccc2[nH]nc(-c3cc4c(-c5ccc(F)cc5)ccnc4[nH]3)c2c1. The molecule has 5 nitrogen and oxygen atoms in total. The molecular formula is C26H22FN5. The van der Waals surface area contributed by atoms with Crippen LogP contribution in [0.1, 0.15) is 26.3 Å². The van der Waals surface area contributed by atoms with E-state index in [2.05, 4.69) is 50.3 Å². The average molecular weight is 423 g/mol.